The first-order valence-electron chi connectivity index (χ1n) is 9.35. The molecule has 3 aromatic carbocycles. The van der Waals surface area contributed by atoms with E-state index in [2.05, 4.69) is 5.32 Å². The molecule has 0 aliphatic rings. The van der Waals surface area contributed by atoms with Gasteiger partial charge in [-0.1, -0.05) is 54.6 Å². The molecule has 4 rings (SSSR count). The number of carbonyl (C=O) groups is 1. The molecule has 0 spiro atoms. The zero-order valence-corrected chi connectivity index (χ0v) is 15.8. The minimum atomic E-state index is -1.15. The molecule has 1 heterocycles. The maximum absolute atomic E-state index is 14.2. The molecule has 148 valence electrons. The van der Waals surface area contributed by atoms with Crippen molar-refractivity contribution >= 4 is 16.8 Å². The first-order chi connectivity index (χ1) is 14.6. The number of amides is 1. The van der Waals surface area contributed by atoms with Crippen LogP contribution in [-0.2, 0) is 6.54 Å². The van der Waals surface area contributed by atoms with Crippen molar-refractivity contribution in [3.63, 3.8) is 0 Å². The van der Waals surface area contributed by atoms with E-state index in [0.717, 1.165) is 10.9 Å². The quantitative estimate of drug-likeness (QED) is 0.514. The summed E-state index contributed by atoms with van der Waals surface area (Å²) >= 11 is 0. The number of nitrogens with one attached hydrogen (secondary N) is 1. The largest absolute Gasteiger partial charge is 0.332 e. The first-order valence-corrected chi connectivity index (χ1v) is 9.35. The van der Waals surface area contributed by atoms with Crippen molar-refractivity contribution in [1.82, 2.24) is 9.88 Å². The molecule has 30 heavy (non-hydrogen) atoms. The molecule has 1 unspecified atom stereocenters. The third-order valence-corrected chi connectivity index (χ3v) is 4.95. The van der Waals surface area contributed by atoms with Gasteiger partial charge in [-0.25, -0.2) is 8.78 Å². The number of halogens is 2. The van der Waals surface area contributed by atoms with E-state index in [4.69, 9.17) is 0 Å². The molecule has 0 aliphatic carbocycles. The van der Waals surface area contributed by atoms with Crippen LogP contribution in [0.25, 0.3) is 10.9 Å². The number of fused-ring (bicyclic) bond motifs is 1. The van der Waals surface area contributed by atoms with E-state index in [1.807, 2.05) is 30.3 Å². The maximum atomic E-state index is 14.2. The van der Waals surface area contributed by atoms with Crippen LogP contribution in [0.5, 0.6) is 0 Å². The number of nitriles is 1. The number of carbonyl (C=O) groups excluding carboxylic acids is 1. The fourth-order valence-electron chi connectivity index (χ4n) is 3.46. The van der Waals surface area contributed by atoms with Crippen LogP contribution in [0.1, 0.15) is 27.7 Å². The zero-order valence-electron chi connectivity index (χ0n) is 15.8. The first kappa shape index (κ1) is 19.3. The fraction of sp³-hybridized carbons (Fsp3) is 0.0833. The third-order valence-electron chi connectivity index (χ3n) is 4.95. The van der Waals surface area contributed by atoms with Crippen LogP contribution in [-0.4, -0.2) is 10.5 Å². The lowest BCUT2D eigenvalue weighted by Crippen LogP contribution is -2.30. The molecule has 0 fully saturated rings. The molecule has 1 atom stereocenters. The van der Waals surface area contributed by atoms with Gasteiger partial charge in [0.1, 0.15) is 23.4 Å². The lowest BCUT2D eigenvalue weighted by atomic mass is 10.1. The van der Waals surface area contributed by atoms with Gasteiger partial charge in [-0.05, 0) is 24.3 Å². The number of nitrogens with zero attached hydrogens (tertiary/aromatic N) is 2. The Morgan fingerprint density at radius 2 is 1.63 bits per heavy atom. The van der Waals surface area contributed by atoms with Gasteiger partial charge in [-0.15, -0.1) is 0 Å². The highest BCUT2D eigenvalue weighted by molar-refractivity contribution is 5.99. The SMILES string of the molecule is N#CC(NC(=O)c1cc2ccccc2n1Cc1ccccc1F)c1ccccc1F. The molecule has 0 bridgehead atoms. The number of aromatic nitrogens is 1. The third kappa shape index (κ3) is 3.65. The number of hydrogen-bond acceptors (Lipinski definition) is 2. The molecule has 1 N–H and O–H groups in total. The maximum Gasteiger partial charge on any atom is 0.269 e. The summed E-state index contributed by atoms with van der Waals surface area (Å²) in [6, 6.07) is 22.0. The summed E-state index contributed by atoms with van der Waals surface area (Å²) in [5.74, 6) is -1.49. The molecule has 4 aromatic rings. The van der Waals surface area contributed by atoms with Crippen LogP contribution < -0.4 is 5.32 Å². The Bertz CT molecular complexity index is 1270. The number of para-hydroxylation sites is 1. The molecular weight excluding hydrogens is 384 g/mol. The standard InChI is InChI=1S/C24H17F2N3O/c25-19-10-4-1-8-17(19)15-29-22-12-6-2-7-16(22)13-23(29)24(30)28-21(14-27)18-9-3-5-11-20(18)26/h1-13,21H,15H2,(H,28,30). The molecule has 1 aromatic heterocycles. The van der Waals surface area contributed by atoms with E-state index >= 15 is 0 Å². The average Bonchev–Trinajstić information content (AvgIpc) is 3.13. The van der Waals surface area contributed by atoms with E-state index in [1.165, 1.54) is 24.3 Å². The van der Waals surface area contributed by atoms with E-state index in [9.17, 15) is 18.8 Å². The van der Waals surface area contributed by atoms with Gasteiger partial charge < -0.3 is 9.88 Å². The fourth-order valence-corrected chi connectivity index (χ4v) is 3.46. The predicted octanol–water partition coefficient (Wildman–Crippen LogP) is 4.96. The molecule has 0 aliphatic heterocycles. The van der Waals surface area contributed by atoms with Gasteiger partial charge in [0, 0.05) is 22.0 Å². The second kappa shape index (κ2) is 8.18. The van der Waals surface area contributed by atoms with Gasteiger partial charge >= 0.3 is 0 Å². The average molecular weight is 401 g/mol. The summed E-state index contributed by atoms with van der Waals surface area (Å²) < 4.78 is 30.0. The van der Waals surface area contributed by atoms with Crippen LogP contribution >= 0.6 is 0 Å². The Morgan fingerprint density at radius 1 is 0.967 bits per heavy atom. The molecule has 0 saturated heterocycles. The van der Waals surface area contributed by atoms with Crippen LogP contribution in [0.2, 0.25) is 0 Å². The van der Waals surface area contributed by atoms with Crippen LogP contribution in [0, 0.1) is 23.0 Å². The Kier molecular flexibility index (Phi) is 5.27. The zero-order chi connectivity index (χ0) is 21.1. The summed E-state index contributed by atoms with van der Waals surface area (Å²) in [5.41, 5.74) is 1.53. The second-order valence-corrected chi connectivity index (χ2v) is 6.82. The van der Waals surface area contributed by atoms with Gasteiger partial charge in [0.2, 0.25) is 0 Å². The lowest BCUT2D eigenvalue weighted by Gasteiger charge is -2.15. The highest BCUT2D eigenvalue weighted by Gasteiger charge is 2.22. The van der Waals surface area contributed by atoms with Crippen LogP contribution in [0.15, 0.2) is 78.9 Å². The van der Waals surface area contributed by atoms with E-state index < -0.39 is 17.8 Å². The Labute approximate surface area is 172 Å². The molecule has 0 saturated carbocycles. The second-order valence-electron chi connectivity index (χ2n) is 6.82. The summed E-state index contributed by atoms with van der Waals surface area (Å²) in [7, 11) is 0. The molecule has 1 amide bonds. The minimum Gasteiger partial charge on any atom is -0.332 e. The van der Waals surface area contributed by atoms with E-state index in [-0.39, 0.29) is 23.6 Å². The summed E-state index contributed by atoms with van der Waals surface area (Å²) in [4.78, 5) is 13.1. The Balaban J connectivity index is 1.73. The molecule has 4 nitrogen and oxygen atoms in total. The predicted molar refractivity (Wildman–Crippen MR) is 110 cm³/mol. The van der Waals surface area contributed by atoms with Crippen molar-refractivity contribution in [2.75, 3.05) is 0 Å². The van der Waals surface area contributed by atoms with Crippen molar-refractivity contribution in [1.29, 1.82) is 5.26 Å². The summed E-state index contributed by atoms with van der Waals surface area (Å²) in [6.07, 6.45) is 0. The molecular formula is C24H17F2N3O. The lowest BCUT2D eigenvalue weighted by molar-refractivity contribution is 0.0936. The van der Waals surface area contributed by atoms with E-state index in [1.54, 1.807) is 34.9 Å². The van der Waals surface area contributed by atoms with Gasteiger partial charge in [0.15, 0.2) is 0 Å². The van der Waals surface area contributed by atoms with Crippen molar-refractivity contribution in [2.24, 2.45) is 0 Å². The van der Waals surface area contributed by atoms with Crippen LogP contribution in [0.4, 0.5) is 8.78 Å². The minimum absolute atomic E-state index is 0.0881. The topological polar surface area (TPSA) is 57.8 Å². The Morgan fingerprint density at radius 3 is 2.37 bits per heavy atom. The van der Waals surface area contributed by atoms with Gasteiger partial charge in [-0.2, -0.15) is 5.26 Å². The summed E-state index contributed by atoms with van der Waals surface area (Å²) in [5, 5.41) is 12.9. The highest BCUT2D eigenvalue weighted by Crippen LogP contribution is 2.23. The van der Waals surface area contributed by atoms with Gasteiger partial charge in [0.05, 0.1) is 12.6 Å². The summed E-state index contributed by atoms with van der Waals surface area (Å²) in [6.45, 7) is 0.139. The monoisotopic (exact) mass is 401 g/mol. The molecule has 0 radical (unpaired) electrons. The highest BCUT2D eigenvalue weighted by atomic mass is 19.1. The van der Waals surface area contributed by atoms with Gasteiger partial charge in [-0.3, -0.25) is 4.79 Å². The molecule has 6 heteroatoms. The van der Waals surface area contributed by atoms with Crippen molar-refractivity contribution in [2.45, 2.75) is 12.6 Å². The smallest absolute Gasteiger partial charge is 0.269 e. The normalized spacial score (nSPS) is 11.8. The van der Waals surface area contributed by atoms with Gasteiger partial charge in [0.25, 0.3) is 5.91 Å². The van der Waals surface area contributed by atoms with E-state index in [0.29, 0.717) is 5.56 Å². The number of benzene rings is 3. The van der Waals surface area contributed by atoms with Crippen molar-refractivity contribution in [3.8, 4) is 6.07 Å². The van der Waals surface area contributed by atoms with Crippen molar-refractivity contribution in [3.05, 3.63) is 107 Å². The Hall–Kier alpha value is -3.98. The number of rotatable bonds is 5. The van der Waals surface area contributed by atoms with Crippen LogP contribution in [0.3, 0.4) is 0 Å². The number of hydrogen-bond donors (Lipinski definition) is 1. The van der Waals surface area contributed by atoms with Crippen molar-refractivity contribution < 1.29 is 13.6 Å².